The largest absolute Gasteiger partial charge is 0.466 e. The summed E-state index contributed by atoms with van der Waals surface area (Å²) in [6, 6.07) is 5.70. The first-order valence-corrected chi connectivity index (χ1v) is 5.98. The van der Waals surface area contributed by atoms with E-state index in [0.717, 1.165) is 24.7 Å². The summed E-state index contributed by atoms with van der Waals surface area (Å²) in [4.78, 5) is 22.4. The van der Waals surface area contributed by atoms with E-state index in [1.165, 1.54) is 5.56 Å². The molecule has 0 aromatic heterocycles. The second-order valence-electron chi connectivity index (χ2n) is 4.34. The van der Waals surface area contributed by atoms with Crippen LogP contribution in [0, 0.1) is 5.92 Å². The van der Waals surface area contributed by atoms with E-state index >= 15 is 0 Å². The number of aryl methyl sites for hydroxylation is 1. The molecule has 0 saturated carbocycles. The Morgan fingerprint density at radius 2 is 2.29 bits per heavy atom. The van der Waals surface area contributed by atoms with Gasteiger partial charge in [0.05, 0.1) is 12.5 Å². The molecule has 0 radical (unpaired) electrons. The monoisotopic (exact) mass is 232 g/mol. The maximum atomic E-state index is 11.7. The molecule has 2 rings (SSSR count). The van der Waals surface area contributed by atoms with Crippen LogP contribution in [-0.4, -0.2) is 18.9 Å². The van der Waals surface area contributed by atoms with Crippen LogP contribution in [-0.2, 0) is 22.4 Å². The lowest BCUT2D eigenvalue weighted by Gasteiger charge is -2.23. The third kappa shape index (κ3) is 2.54. The zero-order valence-electron chi connectivity index (χ0n) is 9.94. The van der Waals surface area contributed by atoms with Crippen LogP contribution in [0.4, 0.5) is 0 Å². The Morgan fingerprint density at radius 3 is 3.00 bits per heavy atom. The van der Waals surface area contributed by atoms with Gasteiger partial charge in [-0.3, -0.25) is 9.59 Å². The molecule has 1 aliphatic carbocycles. The van der Waals surface area contributed by atoms with E-state index in [4.69, 9.17) is 4.74 Å². The van der Waals surface area contributed by atoms with Gasteiger partial charge < -0.3 is 4.74 Å². The van der Waals surface area contributed by atoms with Crippen LogP contribution in [0.3, 0.4) is 0 Å². The molecule has 1 aliphatic rings. The van der Waals surface area contributed by atoms with Gasteiger partial charge in [-0.2, -0.15) is 0 Å². The Kier molecular flexibility index (Phi) is 3.57. The Morgan fingerprint density at radius 1 is 1.47 bits per heavy atom. The van der Waals surface area contributed by atoms with E-state index in [1.54, 1.807) is 0 Å². The Labute approximate surface area is 101 Å². The van der Waals surface area contributed by atoms with Crippen molar-refractivity contribution >= 4 is 12.3 Å². The molecule has 0 spiro atoms. The van der Waals surface area contributed by atoms with Gasteiger partial charge in [0.1, 0.15) is 6.29 Å². The minimum atomic E-state index is -0.116. The lowest BCUT2D eigenvalue weighted by molar-refractivity contribution is -0.148. The van der Waals surface area contributed by atoms with Crippen molar-refractivity contribution in [2.75, 3.05) is 6.61 Å². The SMILES string of the molecule is CCOC(=O)C1CCc2ccc(C=O)cc2C1. The van der Waals surface area contributed by atoms with Crippen LogP contribution >= 0.6 is 0 Å². The summed E-state index contributed by atoms with van der Waals surface area (Å²) in [5.41, 5.74) is 3.03. The summed E-state index contributed by atoms with van der Waals surface area (Å²) in [5, 5.41) is 0. The number of ether oxygens (including phenoxy) is 1. The second kappa shape index (κ2) is 5.13. The van der Waals surface area contributed by atoms with Crippen LogP contribution in [0.15, 0.2) is 18.2 Å². The number of rotatable bonds is 3. The number of hydrogen-bond donors (Lipinski definition) is 0. The third-order valence-electron chi connectivity index (χ3n) is 3.21. The first kappa shape index (κ1) is 11.8. The van der Waals surface area contributed by atoms with Crippen molar-refractivity contribution in [3.8, 4) is 0 Å². The number of benzene rings is 1. The molecule has 0 aliphatic heterocycles. The van der Waals surface area contributed by atoms with Gasteiger partial charge in [-0.25, -0.2) is 0 Å². The quantitative estimate of drug-likeness (QED) is 0.592. The smallest absolute Gasteiger partial charge is 0.309 e. The van der Waals surface area contributed by atoms with Crippen LogP contribution in [0.2, 0.25) is 0 Å². The number of aldehydes is 1. The number of hydrogen-bond acceptors (Lipinski definition) is 3. The van der Waals surface area contributed by atoms with Gasteiger partial charge in [-0.1, -0.05) is 12.1 Å². The molecule has 17 heavy (non-hydrogen) atoms. The molecule has 0 saturated heterocycles. The van der Waals surface area contributed by atoms with Gasteiger partial charge >= 0.3 is 5.97 Å². The van der Waals surface area contributed by atoms with Crippen molar-refractivity contribution < 1.29 is 14.3 Å². The fraction of sp³-hybridized carbons (Fsp3) is 0.429. The van der Waals surface area contributed by atoms with Gasteiger partial charge in [0, 0.05) is 5.56 Å². The molecular weight excluding hydrogens is 216 g/mol. The zero-order chi connectivity index (χ0) is 12.3. The predicted molar refractivity (Wildman–Crippen MR) is 64.0 cm³/mol. The van der Waals surface area contributed by atoms with Crippen LogP contribution < -0.4 is 0 Å². The average molecular weight is 232 g/mol. The maximum absolute atomic E-state index is 11.7. The Bertz CT molecular complexity index is 437. The van der Waals surface area contributed by atoms with Crippen molar-refractivity contribution in [1.29, 1.82) is 0 Å². The minimum absolute atomic E-state index is 0.0515. The van der Waals surface area contributed by atoms with E-state index < -0.39 is 0 Å². The van der Waals surface area contributed by atoms with Crippen molar-refractivity contribution in [2.24, 2.45) is 5.92 Å². The van der Waals surface area contributed by atoms with Gasteiger partial charge in [0.2, 0.25) is 0 Å². The van der Waals surface area contributed by atoms with Crippen molar-refractivity contribution in [1.82, 2.24) is 0 Å². The summed E-state index contributed by atoms with van der Waals surface area (Å²) in [5.74, 6) is -0.168. The van der Waals surface area contributed by atoms with Crippen LogP contribution in [0.1, 0.15) is 34.8 Å². The summed E-state index contributed by atoms with van der Waals surface area (Å²) < 4.78 is 5.04. The third-order valence-corrected chi connectivity index (χ3v) is 3.21. The van der Waals surface area contributed by atoms with E-state index in [1.807, 2.05) is 25.1 Å². The van der Waals surface area contributed by atoms with E-state index in [9.17, 15) is 9.59 Å². The molecule has 3 heteroatoms. The molecule has 3 nitrogen and oxygen atoms in total. The Balaban J connectivity index is 2.16. The molecule has 0 bridgehead atoms. The fourth-order valence-electron chi connectivity index (χ4n) is 2.31. The van der Waals surface area contributed by atoms with Crippen molar-refractivity contribution in [3.63, 3.8) is 0 Å². The first-order chi connectivity index (χ1) is 8.24. The topological polar surface area (TPSA) is 43.4 Å². The van der Waals surface area contributed by atoms with Gasteiger partial charge in [-0.05, 0) is 43.4 Å². The van der Waals surface area contributed by atoms with Gasteiger partial charge in [0.15, 0.2) is 0 Å². The minimum Gasteiger partial charge on any atom is -0.466 e. The molecule has 1 aromatic rings. The summed E-state index contributed by atoms with van der Waals surface area (Å²) >= 11 is 0. The summed E-state index contributed by atoms with van der Waals surface area (Å²) in [6.07, 6.45) is 3.26. The van der Waals surface area contributed by atoms with Crippen LogP contribution in [0.5, 0.6) is 0 Å². The highest BCUT2D eigenvalue weighted by molar-refractivity contribution is 5.76. The lowest BCUT2D eigenvalue weighted by Crippen LogP contribution is -2.24. The van der Waals surface area contributed by atoms with Gasteiger partial charge in [-0.15, -0.1) is 0 Å². The normalized spacial score (nSPS) is 18.3. The van der Waals surface area contributed by atoms with Crippen LogP contribution in [0.25, 0.3) is 0 Å². The number of fused-ring (bicyclic) bond motifs is 1. The first-order valence-electron chi connectivity index (χ1n) is 5.98. The highest BCUT2D eigenvalue weighted by Crippen LogP contribution is 2.27. The molecule has 1 unspecified atom stereocenters. The molecule has 0 heterocycles. The van der Waals surface area contributed by atoms with Crippen molar-refractivity contribution in [2.45, 2.75) is 26.2 Å². The molecule has 1 atom stereocenters. The molecule has 0 amide bonds. The molecule has 90 valence electrons. The number of carbonyl (C=O) groups is 2. The molecular formula is C14H16O3. The standard InChI is InChI=1S/C14H16O3/c1-2-17-14(16)12-6-5-11-4-3-10(9-15)7-13(11)8-12/h3-4,7,9,12H,2,5-6,8H2,1H3. The van der Waals surface area contributed by atoms with E-state index in [-0.39, 0.29) is 11.9 Å². The zero-order valence-corrected chi connectivity index (χ0v) is 9.94. The van der Waals surface area contributed by atoms with E-state index in [0.29, 0.717) is 18.6 Å². The average Bonchev–Trinajstić information content (AvgIpc) is 2.37. The predicted octanol–water partition coefficient (Wildman–Crippen LogP) is 2.17. The highest BCUT2D eigenvalue weighted by atomic mass is 16.5. The van der Waals surface area contributed by atoms with E-state index in [2.05, 4.69) is 0 Å². The van der Waals surface area contributed by atoms with Crippen molar-refractivity contribution in [3.05, 3.63) is 34.9 Å². The number of carbonyl (C=O) groups excluding carboxylic acids is 2. The fourth-order valence-corrected chi connectivity index (χ4v) is 2.31. The number of esters is 1. The molecule has 0 N–H and O–H groups in total. The maximum Gasteiger partial charge on any atom is 0.309 e. The highest BCUT2D eigenvalue weighted by Gasteiger charge is 2.25. The second-order valence-corrected chi connectivity index (χ2v) is 4.34. The van der Waals surface area contributed by atoms with Gasteiger partial charge in [0.25, 0.3) is 0 Å². The molecule has 1 aromatic carbocycles. The summed E-state index contributed by atoms with van der Waals surface area (Å²) in [7, 11) is 0. The molecule has 0 fully saturated rings. The summed E-state index contributed by atoms with van der Waals surface area (Å²) in [6.45, 7) is 2.25. The lowest BCUT2D eigenvalue weighted by atomic mass is 9.83. The Hall–Kier alpha value is -1.64.